The van der Waals surface area contributed by atoms with Crippen molar-refractivity contribution in [3.63, 3.8) is 0 Å². The maximum Gasteiger partial charge on any atom is 0.434 e. The van der Waals surface area contributed by atoms with Crippen molar-refractivity contribution in [2.45, 2.75) is 24.1 Å². The molecule has 0 aliphatic carbocycles. The largest absolute Gasteiger partial charge is 0.441 e. The number of aromatic nitrogens is 2. The Hall–Kier alpha value is -3.69. The molecule has 0 N–H and O–H groups in total. The summed E-state index contributed by atoms with van der Waals surface area (Å²) in [5.74, 6) is -0.0625. The standard InChI is InChI=1S/C26H26F3N5O5S2/c1-3-20(32-9-11-33(12-10-32)25(35)39-17-14-38-15-17)19-13-21(24-31-22(16-40-24)26(27,28)29)34(23(19)30-2)41(36,37)18-7-5-4-6-8-18/h3-8,13,16-17H,2,9-12,14-15H2,1H3/b20-3+. The van der Waals surface area contributed by atoms with Crippen LogP contribution in [0.15, 0.2) is 57.7 Å². The molecule has 1 aromatic carbocycles. The highest BCUT2D eigenvalue weighted by atomic mass is 32.2. The first-order valence-corrected chi connectivity index (χ1v) is 14.9. The molecule has 10 nitrogen and oxygen atoms in total. The van der Waals surface area contributed by atoms with Crippen LogP contribution in [-0.2, 0) is 25.7 Å². The Labute approximate surface area is 238 Å². The van der Waals surface area contributed by atoms with Crippen molar-refractivity contribution in [1.29, 1.82) is 0 Å². The SMILES string of the molecule is C=Nc1c(/C(=C\C)N2CCN(C(=O)OC3COC3)CC2)cc(-c2nc(C(F)(F)F)cs2)n1S(=O)(=O)c1ccccc1. The highest BCUT2D eigenvalue weighted by Gasteiger charge is 2.36. The summed E-state index contributed by atoms with van der Waals surface area (Å²) in [7, 11) is -4.32. The summed E-state index contributed by atoms with van der Waals surface area (Å²) < 4.78 is 79.3. The van der Waals surface area contributed by atoms with E-state index in [1.54, 1.807) is 36.1 Å². The number of allylic oxidation sites excluding steroid dienone is 1. The molecule has 41 heavy (non-hydrogen) atoms. The average Bonchev–Trinajstić information content (AvgIpc) is 3.58. The zero-order valence-corrected chi connectivity index (χ0v) is 23.5. The molecule has 0 radical (unpaired) electrons. The van der Waals surface area contributed by atoms with Gasteiger partial charge in [0.2, 0.25) is 0 Å². The van der Waals surface area contributed by atoms with E-state index in [4.69, 9.17) is 9.47 Å². The van der Waals surface area contributed by atoms with Crippen molar-refractivity contribution in [3.8, 4) is 10.7 Å². The summed E-state index contributed by atoms with van der Waals surface area (Å²) in [6, 6.07) is 8.98. The second-order valence-corrected chi connectivity index (χ2v) is 11.9. The molecule has 0 spiro atoms. The second kappa shape index (κ2) is 11.3. The van der Waals surface area contributed by atoms with Gasteiger partial charge in [-0.05, 0) is 31.8 Å². The van der Waals surface area contributed by atoms with Gasteiger partial charge in [0, 0.05) is 42.8 Å². The predicted molar refractivity (Wildman–Crippen MR) is 147 cm³/mol. The number of aliphatic imine (C=N–C) groups is 1. The maximum absolute atomic E-state index is 13.9. The van der Waals surface area contributed by atoms with Gasteiger partial charge in [0.1, 0.15) is 5.01 Å². The van der Waals surface area contributed by atoms with Crippen molar-refractivity contribution < 1.29 is 35.9 Å². The van der Waals surface area contributed by atoms with Gasteiger partial charge >= 0.3 is 12.3 Å². The molecule has 2 fully saturated rings. The number of amides is 1. The van der Waals surface area contributed by atoms with Crippen LogP contribution in [0.4, 0.5) is 23.8 Å². The quantitative estimate of drug-likeness (QED) is 0.357. The fourth-order valence-corrected chi connectivity index (χ4v) is 6.95. The highest BCUT2D eigenvalue weighted by Crippen LogP contribution is 2.42. The second-order valence-electron chi connectivity index (χ2n) is 9.23. The Balaban J connectivity index is 1.54. The van der Waals surface area contributed by atoms with Crippen molar-refractivity contribution in [2.24, 2.45) is 4.99 Å². The fraction of sp³-hybridized carbons (Fsp3) is 0.346. The number of carbonyl (C=O) groups is 1. The monoisotopic (exact) mass is 609 g/mol. The number of ether oxygens (including phenoxy) is 2. The number of piperazine rings is 1. The zero-order valence-electron chi connectivity index (χ0n) is 21.9. The molecule has 3 aromatic rings. The molecule has 2 aliphatic rings. The van der Waals surface area contributed by atoms with Crippen LogP contribution in [0.25, 0.3) is 16.4 Å². The number of hydrogen-bond donors (Lipinski definition) is 0. The van der Waals surface area contributed by atoms with Crippen LogP contribution >= 0.6 is 11.3 Å². The third-order valence-electron chi connectivity index (χ3n) is 6.68. The first kappa shape index (κ1) is 28.8. The number of hydrogen-bond acceptors (Lipinski definition) is 9. The van der Waals surface area contributed by atoms with E-state index in [9.17, 15) is 26.4 Å². The minimum atomic E-state index is -4.70. The number of thiazole rings is 1. The minimum Gasteiger partial charge on any atom is -0.441 e. The minimum absolute atomic E-state index is 0.0625. The van der Waals surface area contributed by atoms with Crippen LogP contribution in [0.2, 0.25) is 0 Å². The van der Waals surface area contributed by atoms with E-state index in [1.165, 1.54) is 18.2 Å². The van der Waals surface area contributed by atoms with Crippen molar-refractivity contribution in [3.05, 3.63) is 59.1 Å². The Kier molecular flexibility index (Phi) is 7.94. The highest BCUT2D eigenvalue weighted by molar-refractivity contribution is 7.90. The van der Waals surface area contributed by atoms with Crippen LogP contribution in [-0.4, -0.2) is 85.5 Å². The fourth-order valence-electron chi connectivity index (χ4n) is 4.57. The third-order valence-corrected chi connectivity index (χ3v) is 9.26. The van der Waals surface area contributed by atoms with Crippen LogP contribution in [0, 0.1) is 0 Å². The maximum atomic E-state index is 13.9. The van der Waals surface area contributed by atoms with Gasteiger partial charge in [-0.2, -0.15) is 13.2 Å². The summed E-state index contributed by atoms with van der Waals surface area (Å²) in [5, 5.41) is 0.698. The van der Waals surface area contributed by atoms with Crippen LogP contribution < -0.4 is 0 Å². The molecule has 0 atom stereocenters. The third kappa shape index (κ3) is 5.61. The van der Waals surface area contributed by atoms with Gasteiger partial charge in [-0.15, -0.1) is 11.3 Å². The summed E-state index contributed by atoms with van der Waals surface area (Å²) in [4.78, 5) is 23.7. The molecule has 1 amide bonds. The number of nitrogens with zero attached hydrogens (tertiary/aromatic N) is 5. The van der Waals surface area contributed by atoms with Crippen LogP contribution in [0.1, 0.15) is 18.2 Å². The van der Waals surface area contributed by atoms with Gasteiger partial charge in [0.15, 0.2) is 17.6 Å². The van der Waals surface area contributed by atoms with Crippen molar-refractivity contribution in [2.75, 3.05) is 39.4 Å². The number of carbonyl (C=O) groups excluding carboxylic acids is 1. The van der Waals surface area contributed by atoms with E-state index >= 15 is 0 Å². The van der Waals surface area contributed by atoms with Gasteiger partial charge in [-0.25, -0.2) is 27.2 Å². The molecule has 0 unspecified atom stereocenters. The first-order chi connectivity index (χ1) is 19.5. The molecular formula is C26H26F3N5O5S2. The molecule has 2 aromatic heterocycles. The lowest BCUT2D eigenvalue weighted by molar-refractivity contribution is -0.140. The number of alkyl halides is 3. The topological polar surface area (TPSA) is 106 Å². The molecule has 0 saturated carbocycles. The van der Waals surface area contributed by atoms with Gasteiger partial charge in [0.25, 0.3) is 10.0 Å². The smallest absolute Gasteiger partial charge is 0.434 e. The summed E-state index contributed by atoms with van der Waals surface area (Å²) in [5.41, 5.74) is -0.261. The molecule has 5 rings (SSSR count). The van der Waals surface area contributed by atoms with E-state index in [0.717, 1.165) is 9.35 Å². The van der Waals surface area contributed by atoms with Crippen molar-refractivity contribution >= 4 is 45.7 Å². The van der Waals surface area contributed by atoms with E-state index < -0.39 is 28.0 Å². The normalized spacial score (nSPS) is 16.9. The lowest BCUT2D eigenvalue weighted by Gasteiger charge is -2.38. The van der Waals surface area contributed by atoms with E-state index in [1.807, 2.05) is 4.90 Å². The molecule has 2 saturated heterocycles. The lowest BCUT2D eigenvalue weighted by atomic mass is 10.1. The van der Waals surface area contributed by atoms with E-state index in [2.05, 4.69) is 16.7 Å². The molecule has 4 heterocycles. The van der Waals surface area contributed by atoms with Gasteiger partial charge in [-0.3, -0.25) is 0 Å². The Morgan fingerprint density at radius 1 is 1.17 bits per heavy atom. The number of rotatable bonds is 7. The molecule has 2 aliphatic heterocycles. The predicted octanol–water partition coefficient (Wildman–Crippen LogP) is 4.71. The summed E-state index contributed by atoms with van der Waals surface area (Å²) in [6.07, 6.45) is -3.62. The van der Waals surface area contributed by atoms with Crippen molar-refractivity contribution in [1.82, 2.24) is 18.8 Å². The first-order valence-electron chi connectivity index (χ1n) is 12.6. The number of halogens is 3. The van der Waals surface area contributed by atoms with Gasteiger partial charge in [0.05, 0.1) is 23.8 Å². The van der Waals surface area contributed by atoms with Gasteiger partial charge in [-0.1, -0.05) is 24.3 Å². The number of benzene rings is 1. The Bertz CT molecular complexity index is 1570. The van der Waals surface area contributed by atoms with Crippen LogP contribution in [0.5, 0.6) is 0 Å². The lowest BCUT2D eigenvalue weighted by Crippen LogP contribution is -2.50. The average molecular weight is 610 g/mol. The molecule has 218 valence electrons. The Morgan fingerprint density at radius 3 is 2.37 bits per heavy atom. The molecular weight excluding hydrogens is 583 g/mol. The zero-order chi connectivity index (χ0) is 29.4. The molecule has 0 bridgehead atoms. The van der Waals surface area contributed by atoms with Crippen LogP contribution in [0.3, 0.4) is 0 Å². The van der Waals surface area contributed by atoms with E-state index in [-0.39, 0.29) is 27.5 Å². The van der Waals surface area contributed by atoms with Gasteiger partial charge < -0.3 is 19.3 Å². The molecule has 15 heteroatoms. The Morgan fingerprint density at radius 2 is 1.83 bits per heavy atom. The van der Waals surface area contributed by atoms with E-state index in [0.29, 0.717) is 62.0 Å². The summed E-state index contributed by atoms with van der Waals surface area (Å²) in [6.45, 7) is 7.58. The summed E-state index contributed by atoms with van der Waals surface area (Å²) >= 11 is 0.679.